The Morgan fingerprint density at radius 3 is 2.79 bits per heavy atom. The van der Waals surface area contributed by atoms with Gasteiger partial charge < -0.3 is 5.32 Å². The zero-order chi connectivity index (χ0) is 10.1. The number of nitrogens with one attached hydrogen (secondary N) is 1. The quantitative estimate of drug-likeness (QED) is 0.729. The van der Waals surface area contributed by atoms with Crippen LogP contribution in [0.4, 0.5) is 8.78 Å². The van der Waals surface area contributed by atoms with Crippen molar-refractivity contribution >= 4 is 0 Å². The monoisotopic (exact) mass is 197 g/mol. The molecule has 0 aliphatic carbocycles. The molecule has 1 nitrogen and oxygen atoms in total. The van der Waals surface area contributed by atoms with E-state index in [2.05, 4.69) is 5.32 Å². The summed E-state index contributed by atoms with van der Waals surface area (Å²) in [6.45, 7) is 2.88. The maximum atomic E-state index is 13.0. The number of hydrogen-bond donors (Lipinski definition) is 1. The van der Waals surface area contributed by atoms with Crippen LogP contribution in [0.5, 0.6) is 0 Å². The highest BCUT2D eigenvalue weighted by molar-refractivity contribution is 5.33. The van der Waals surface area contributed by atoms with Gasteiger partial charge in [-0.1, -0.05) is 6.92 Å². The van der Waals surface area contributed by atoms with Crippen LogP contribution in [0.1, 0.15) is 30.5 Å². The van der Waals surface area contributed by atoms with Crippen LogP contribution in [0.2, 0.25) is 0 Å². The molecule has 0 spiro atoms. The SMILES string of the molecule is CCC1NCCc2cc(F)c(F)cc21. The smallest absolute Gasteiger partial charge is 0.159 e. The predicted molar refractivity (Wildman–Crippen MR) is 51.1 cm³/mol. The van der Waals surface area contributed by atoms with Gasteiger partial charge in [0.15, 0.2) is 11.6 Å². The van der Waals surface area contributed by atoms with Crippen molar-refractivity contribution in [1.82, 2.24) is 5.32 Å². The van der Waals surface area contributed by atoms with Crippen molar-refractivity contribution in [2.45, 2.75) is 25.8 Å². The summed E-state index contributed by atoms with van der Waals surface area (Å²) in [5.74, 6) is -1.48. The number of rotatable bonds is 1. The van der Waals surface area contributed by atoms with E-state index in [1.165, 1.54) is 12.1 Å². The first-order valence-corrected chi connectivity index (χ1v) is 4.93. The fourth-order valence-electron chi connectivity index (χ4n) is 2.00. The molecule has 1 atom stereocenters. The van der Waals surface area contributed by atoms with Gasteiger partial charge in [-0.05, 0) is 42.6 Å². The zero-order valence-electron chi connectivity index (χ0n) is 8.11. The van der Waals surface area contributed by atoms with Gasteiger partial charge >= 0.3 is 0 Å². The van der Waals surface area contributed by atoms with Crippen LogP contribution >= 0.6 is 0 Å². The van der Waals surface area contributed by atoms with Crippen molar-refractivity contribution in [1.29, 1.82) is 0 Å². The molecular weight excluding hydrogens is 184 g/mol. The molecule has 1 aliphatic heterocycles. The lowest BCUT2D eigenvalue weighted by Gasteiger charge is -2.26. The van der Waals surface area contributed by atoms with Crippen LogP contribution in [0.15, 0.2) is 12.1 Å². The average molecular weight is 197 g/mol. The Hall–Kier alpha value is -0.960. The normalized spacial score (nSPS) is 20.6. The number of hydrogen-bond acceptors (Lipinski definition) is 1. The molecule has 0 saturated heterocycles. The van der Waals surface area contributed by atoms with Crippen molar-refractivity contribution < 1.29 is 8.78 Å². The minimum atomic E-state index is -0.745. The van der Waals surface area contributed by atoms with Crippen molar-refractivity contribution in [3.05, 3.63) is 34.9 Å². The van der Waals surface area contributed by atoms with Gasteiger partial charge in [-0.2, -0.15) is 0 Å². The Balaban J connectivity index is 2.47. The van der Waals surface area contributed by atoms with Crippen LogP contribution in [0.3, 0.4) is 0 Å². The van der Waals surface area contributed by atoms with Crippen molar-refractivity contribution in [3.63, 3.8) is 0 Å². The number of fused-ring (bicyclic) bond motifs is 1. The summed E-state index contributed by atoms with van der Waals surface area (Å²) in [4.78, 5) is 0. The predicted octanol–water partition coefficient (Wildman–Crippen LogP) is 2.56. The topological polar surface area (TPSA) is 12.0 Å². The van der Waals surface area contributed by atoms with Gasteiger partial charge in [0.1, 0.15) is 0 Å². The van der Waals surface area contributed by atoms with Gasteiger partial charge in [0, 0.05) is 6.04 Å². The highest BCUT2D eigenvalue weighted by Crippen LogP contribution is 2.27. The summed E-state index contributed by atoms with van der Waals surface area (Å²) in [6.07, 6.45) is 1.68. The molecule has 0 saturated carbocycles. The van der Waals surface area contributed by atoms with E-state index in [9.17, 15) is 8.78 Å². The van der Waals surface area contributed by atoms with Gasteiger partial charge in [0.2, 0.25) is 0 Å². The van der Waals surface area contributed by atoms with Gasteiger partial charge in [0.25, 0.3) is 0 Å². The van der Waals surface area contributed by atoms with Crippen LogP contribution in [0, 0.1) is 11.6 Å². The molecule has 0 radical (unpaired) electrons. The molecule has 1 N–H and O–H groups in total. The standard InChI is InChI=1S/C11H13F2N/c1-2-11-8-6-10(13)9(12)5-7(8)3-4-14-11/h5-6,11,14H,2-4H2,1H3. The fourth-order valence-corrected chi connectivity index (χ4v) is 2.00. The Morgan fingerprint density at radius 1 is 1.36 bits per heavy atom. The molecule has 0 aromatic heterocycles. The van der Waals surface area contributed by atoms with E-state index in [0.29, 0.717) is 0 Å². The maximum Gasteiger partial charge on any atom is 0.159 e. The summed E-state index contributed by atoms with van der Waals surface area (Å²) in [7, 11) is 0. The highest BCUT2D eigenvalue weighted by Gasteiger charge is 2.20. The molecule has 1 aromatic rings. The van der Waals surface area contributed by atoms with Crippen LogP contribution < -0.4 is 5.32 Å². The summed E-state index contributed by atoms with van der Waals surface area (Å²) in [5, 5.41) is 3.28. The largest absolute Gasteiger partial charge is 0.310 e. The van der Waals surface area contributed by atoms with Crippen molar-refractivity contribution in [2.24, 2.45) is 0 Å². The molecule has 76 valence electrons. The molecule has 0 amide bonds. The van der Waals surface area contributed by atoms with Crippen LogP contribution in [-0.2, 0) is 6.42 Å². The summed E-state index contributed by atoms with van der Waals surface area (Å²) >= 11 is 0. The van der Waals surface area contributed by atoms with Crippen molar-refractivity contribution in [2.75, 3.05) is 6.54 Å². The van der Waals surface area contributed by atoms with E-state index in [0.717, 1.165) is 30.5 Å². The first-order chi connectivity index (χ1) is 6.72. The molecule has 0 fully saturated rings. The van der Waals surface area contributed by atoms with E-state index in [1.54, 1.807) is 0 Å². The van der Waals surface area contributed by atoms with E-state index < -0.39 is 11.6 Å². The maximum absolute atomic E-state index is 13.0. The lowest BCUT2D eigenvalue weighted by Crippen LogP contribution is -2.29. The first-order valence-electron chi connectivity index (χ1n) is 4.93. The minimum absolute atomic E-state index is 0.175. The van der Waals surface area contributed by atoms with Gasteiger partial charge in [0.05, 0.1) is 0 Å². The second-order valence-corrected chi connectivity index (χ2v) is 3.63. The van der Waals surface area contributed by atoms with E-state index in [1.807, 2.05) is 6.92 Å². The molecule has 0 bridgehead atoms. The molecule has 1 unspecified atom stereocenters. The lowest BCUT2D eigenvalue weighted by molar-refractivity contribution is 0.467. The van der Waals surface area contributed by atoms with Gasteiger partial charge in [-0.15, -0.1) is 0 Å². The Kier molecular flexibility index (Phi) is 2.50. The van der Waals surface area contributed by atoms with Gasteiger partial charge in [-0.3, -0.25) is 0 Å². The molecule has 3 heteroatoms. The Bertz CT molecular complexity index is 349. The Morgan fingerprint density at radius 2 is 2.07 bits per heavy atom. The van der Waals surface area contributed by atoms with E-state index in [4.69, 9.17) is 0 Å². The second-order valence-electron chi connectivity index (χ2n) is 3.63. The molecular formula is C11H13F2N. The third-order valence-electron chi connectivity index (χ3n) is 2.75. The highest BCUT2D eigenvalue weighted by atomic mass is 19.2. The summed E-state index contributed by atoms with van der Waals surface area (Å²) < 4.78 is 26.0. The van der Waals surface area contributed by atoms with Gasteiger partial charge in [-0.25, -0.2) is 8.78 Å². The second kappa shape index (κ2) is 3.65. The average Bonchev–Trinajstić information content (AvgIpc) is 2.19. The molecule has 1 aliphatic rings. The first kappa shape index (κ1) is 9.59. The molecule has 1 heterocycles. The van der Waals surface area contributed by atoms with Crippen LogP contribution in [0.25, 0.3) is 0 Å². The number of halogens is 2. The van der Waals surface area contributed by atoms with Crippen LogP contribution in [-0.4, -0.2) is 6.54 Å². The molecule has 1 aromatic carbocycles. The third-order valence-corrected chi connectivity index (χ3v) is 2.75. The number of benzene rings is 1. The lowest BCUT2D eigenvalue weighted by atomic mass is 9.93. The summed E-state index contributed by atoms with van der Waals surface area (Å²) in [5.41, 5.74) is 1.85. The Labute approximate surface area is 82.1 Å². The third kappa shape index (κ3) is 1.52. The zero-order valence-corrected chi connectivity index (χ0v) is 8.11. The summed E-state index contributed by atoms with van der Waals surface area (Å²) in [6, 6.07) is 2.83. The molecule has 14 heavy (non-hydrogen) atoms. The minimum Gasteiger partial charge on any atom is -0.310 e. The fraction of sp³-hybridized carbons (Fsp3) is 0.455. The molecule has 2 rings (SSSR count). The van der Waals surface area contributed by atoms with Crippen molar-refractivity contribution in [3.8, 4) is 0 Å². The van der Waals surface area contributed by atoms with E-state index >= 15 is 0 Å². The van der Waals surface area contributed by atoms with E-state index in [-0.39, 0.29) is 6.04 Å².